The highest BCUT2D eigenvalue weighted by atomic mass is 19.1. The second kappa shape index (κ2) is 13.6. The maximum Gasteiger partial charge on any atom is 0.149 e. The zero-order valence-corrected chi connectivity index (χ0v) is 21.7. The lowest BCUT2D eigenvalue weighted by Crippen LogP contribution is -2.38. The van der Waals surface area contributed by atoms with Gasteiger partial charge in [-0.3, -0.25) is 9.69 Å². The molecule has 1 N–H and O–H groups in total. The van der Waals surface area contributed by atoms with E-state index in [1.165, 1.54) is 12.1 Å². The minimum absolute atomic E-state index is 0.209. The molecule has 8 nitrogen and oxygen atoms in total. The molecule has 0 spiro atoms. The molecule has 200 valence electrons. The molecule has 4 rings (SSSR count). The number of imidazole rings is 1. The minimum Gasteiger partial charge on any atom is -0.457 e. The number of nitrogens with zero attached hydrogens (tertiary/aromatic N) is 3. The summed E-state index contributed by atoms with van der Waals surface area (Å²) < 4.78 is 32.3. The fourth-order valence-corrected chi connectivity index (χ4v) is 4.42. The second-order valence-corrected chi connectivity index (χ2v) is 9.21. The van der Waals surface area contributed by atoms with Gasteiger partial charge in [-0.25, -0.2) is 9.37 Å². The van der Waals surface area contributed by atoms with Gasteiger partial charge in [0.15, 0.2) is 0 Å². The Bertz CT molecular complexity index is 1150. The fraction of sp³-hybridized carbons (Fsp3) is 0.500. The van der Waals surface area contributed by atoms with Crippen molar-refractivity contribution in [3.63, 3.8) is 0 Å². The lowest BCUT2D eigenvalue weighted by molar-refractivity contribution is -0.120. The number of ether oxygens (including phenoxy) is 3. The van der Waals surface area contributed by atoms with E-state index in [-0.39, 0.29) is 17.6 Å². The molecule has 0 amide bonds. The van der Waals surface area contributed by atoms with Crippen LogP contribution in [0.15, 0.2) is 42.5 Å². The number of Topliss-reactive ketones (excluding diaryl/α,β-unsaturated/α-hetero) is 1. The van der Waals surface area contributed by atoms with Crippen LogP contribution in [0.25, 0.3) is 11.0 Å². The Hall–Kier alpha value is -2.85. The number of rotatable bonds is 14. The third kappa shape index (κ3) is 7.82. The lowest BCUT2D eigenvalue weighted by Gasteiger charge is -2.26. The molecule has 1 aliphatic heterocycles. The smallest absolute Gasteiger partial charge is 0.149 e. The van der Waals surface area contributed by atoms with E-state index in [1.54, 1.807) is 12.1 Å². The van der Waals surface area contributed by atoms with Gasteiger partial charge in [0.05, 0.1) is 43.4 Å². The van der Waals surface area contributed by atoms with E-state index >= 15 is 0 Å². The maximum atomic E-state index is 13.2. The molecule has 3 aromatic rings. The normalized spacial score (nSPS) is 15.2. The highest BCUT2D eigenvalue weighted by Gasteiger charge is 2.17. The number of carbonyl (C=O) groups is 1. The molecule has 1 saturated heterocycles. The van der Waals surface area contributed by atoms with Crippen molar-refractivity contribution in [2.45, 2.75) is 45.8 Å². The van der Waals surface area contributed by atoms with Crippen LogP contribution < -0.4 is 10.1 Å². The number of ketones is 1. The largest absolute Gasteiger partial charge is 0.457 e. The number of hydrogen-bond acceptors (Lipinski definition) is 7. The average molecular weight is 513 g/mol. The van der Waals surface area contributed by atoms with Gasteiger partial charge < -0.3 is 24.1 Å². The summed E-state index contributed by atoms with van der Waals surface area (Å²) in [5.74, 6) is 1.93. The van der Waals surface area contributed by atoms with Crippen LogP contribution in [0.3, 0.4) is 0 Å². The molecule has 0 saturated carbocycles. The van der Waals surface area contributed by atoms with Crippen LogP contribution in [-0.4, -0.2) is 72.3 Å². The molecule has 37 heavy (non-hydrogen) atoms. The maximum absolute atomic E-state index is 13.2. The molecule has 1 atom stereocenters. The van der Waals surface area contributed by atoms with Crippen molar-refractivity contribution in [3.8, 4) is 11.5 Å². The summed E-state index contributed by atoms with van der Waals surface area (Å²) >= 11 is 0. The van der Waals surface area contributed by atoms with Crippen molar-refractivity contribution in [3.05, 3.63) is 54.1 Å². The van der Waals surface area contributed by atoms with Crippen molar-refractivity contribution < 1.29 is 23.4 Å². The number of aromatic nitrogens is 2. The molecule has 1 aliphatic rings. The zero-order valence-electron chi connectivity index (χ0n) is 21.7. The van der Waals surface area contributed by atoms with E-state index in [2.05, 4.69) is 14.8 Å². The Kier molecular flexibility index (Phi) is 10.0. The summed E-state index contributed by atoms with van der Waals surface area (Å²) in [6.45, 7) is 10.5. The van der Waals surface area contributed by atoms with E-state index < -0.39 is 0 Å². The monoisotopic (exact) mass is 512 g/mol. The second-order valence-electron chi connectivity index (χ2n) is 9.21. The predicted molar refractivity (Wildman–Crippen MR) is 141 cm³/mol. The number of nitrogens with one attached hydrogen (secondary N) is 1. The van der Waals surface area contributed by atoms with Crippen LogP contribution in [0.1, 0.15) is 32.5 Å². The number of hydrogen-bond donors (Lipinski definition) is 1. The molecule has 1 fully saturated rings. The Morgan fingerprint density at radius 1 is 1.14 bits per heavy atom. The van der Waals surface area contributed by atoms with Gasteiger partial charge in [0.25, 0.3) is 0 Å². The molecule has 9 heteroatoms. The predicted octanol–water partition coefficient (Wildman–Crippen LogP) is 4.16. The van der Waals surface area contributed by atoms with Crippen molar-refractivity contribution in [1.29, 1.82) is 0 Å². The van der Waals surface area contributed by atoms with Crippen LogP contribution in [0.5, 0.6) is 11.5 Å². The van der Waals surface area contributed by atoms with Gasteiger partial charge >= 0.3 is 0 Å². The minimum atomic E-state index is -0.307. The van der Waals surface area contributed by atoms with Crippen molar-refractivity contribution in [2.75, 3.05) is 46.1 Å². The zero-order chi connectivity index (χ0) is 26.0. The number of halogens is 1. The first kappa shape index (κ1) is 27.2. The van der Waals surface area contributed by atoms with Gasteiger partial charge in [-0.05, 0) is 63.2 Å². The van der Waals surface area contributed by atoms with Crippen molar-refractivity contribution >= 4 is 16.8 Å². The van der Waals surface area contributed by atoms with E-state index in [1.807, 2.05) is 32.0 Å². The summed E-state index contributed by atoms with van der Waals surface area (Å²) in [7, 11) is 0. The molecule has 2 aromatic carbocycles. The third-order valence-electron chi connectivity index (χ3n) is 6.56. The average Bonchev–Trinajstić information content (AvgIpc) is 3.26. The lowest BCUT2D eigenvalue weighted by atomic mass is 10.1. The SMILES string of the molecule is CCOCCn1c(CN[C@@H](C)C(=O)CCCN2CCOCC2)nc2ccc(Oc3ccc(F)cc3)cc21. The summed E-state index contributed by atoms with van der Waals surface area (Å²) in [5, 5.41) is 3.36. The van der Waals surface area contributed by atoms with Crippen molar-refractivity contribution in [1.82, 2.24) is 19.8 Å². The number of morpholine rings is 1. The third-order valence-corrected chi connectivity index (χ3v) is 6.56. The number of carbonyl (C=O) groups excluding carboxylic acids is 1. The highest BCUT2D eigenvalue weighted by molar-refractivity contribution is 5.83. The van der Waals surface area contributed by atoms with Gasteiger partial charge in [0.1, 0.15) is 28.9 Å². The summed E-state index contributed by atoms with van der Waals surface area (Å²) in [4.78, 5) is 19.9. The van der Waals surface area contributed by atoms with Crippen LogP contribution in [-0.2, 0) is 27.4 Å². The molecule has 2 heterocycles. The molecule has 0 bridgehead atoms. The molecule has 0 radical (unpaired) electrons. The summed E-state index contributed by atoms with van der Waals surface area (Å²) in [6.07, 6.45) is 1.41. The van der Waals surface area contributed by atoms with Gasteiger partial charge in [-0.15, -0.1) is 0 Å². The standard InChI is InChI=1S/C28H37FN4O4/c1-3-35-18-15-33-26-19-24(37-23-8-6-22(29)7-9-23)10-11-25(26)31-28(33)20-30-21(2)27(34)5-4-12-32-13-16-36-17-14-32/h6-11,19,21,30H,3-5,12-18,20H2,1-2H3/t21-/m0/s1. The molecule has 0 aliphatic carbocycles. The van der Waals surface area contributed by atoms with E-state index in [4.69, 9.17) is 19.2 Å². The van der Waals surface area contributed by atoms with E-state index in [0.717, 1.165) is 56.1 Å². The molecular formula is C28H37FN4O4. The first-order valence-corrected chi connectivity index (χ1v) is 13.1. The van der Waals surface area contributed by atoms with E-state index in [9.17, 15) is 9.18 Å². The van der Waals surface area contributed by atoms with Crippen LogP contribution in [0.4, 0.5) is 4.39 Å². The Morgan fingerprint density at radius 2 is 1.89 bits per heavy atom. The molecule has 1 aromatic heterocycles. The van der Waals surface area contributed by atoms with Crippen LogP contribution in [0, 0.1) is 5.82 Å². The van der Waals surface area contributed by atoms with Crippen LogP contribution in [0.2, 0.25) is 0 Å². The summed E-state index contributed by atoms with van der Waals surface area (Å²) in [5.41, 5.74) is 1.75. The quantitative estimate of drug-likeness (QED) is 0.325. The van der Waals surface area contributed by atoms with Gasteiger partial charge in [0.2, 0.25) is 0 Å². The summed E-state index contributed by atoms with van der Waals surface area (Å²) in [6, 6.07) is 11.4. The van der Waals surface area contributed by atoms with Crippen molar-refractivity contribution in [2.24, 2.45) is 0 Å². The Balaban J connectivity index is 1.39. The molecular weight excluding hydrogens is 475 g/mol. The highest BCUT2D eigenvalue weighted by Crippen LogP contribution is 2.27. The number of fused-ring (bicyclic) bond motifs is 1. The fourth-order valence-electron chi connectivity index (χ4n) is 4.42. The Labute approximate surface area is 217 Å². The van der Waals surface area contributed by atoms with Gasteiger partial charge in [-0.2, -0.15) is 0 Å². The van der Waals surface area contributed by atoms with Gasteiger partial charge in [-0.1, -0.05) is 0 Å². The topological polar surface area (TPSA) is 77.9 Å². The first-order chi connectivity index (χ1) is 18.0. The Morgan fingerprint density at radius 3 is 2.65 bits per heavy atom. The van der Waals surface area contributed by atoms with Gasteiger partial charge in [0, 0.05) is 38.7 Å². The van der Waals surface area contributed by atoms with E-state index in [0.29, 0.717) is 44.2 Å². The molecule has 0 unspecified atom stereocenters. The van der Waals surface area contributed by atoms with Crippen LogP contribution >= 0.6 is 0 Å². The number of benzene rings is 2. The first-order valence-electron chi connectivity index (χ1n) is 13.1.